The monoisotopic (exact) mass is 290 g/mol. The lowest BCUT2D eigenvalue weighted by Gasteiger charge is -2.09. The van der Waals surface area contributed by atoms with Gasteiger partial charge in [0.1, 0.15) is 5.82 Å². The van der Waals surface area contributed by atoms with Crippen LogP contribution < -0.4 is 5.32 Å². The third kappa shape index (κ3) is 3.07. The molecule has 0 aliphatic rings. The van der Waals surface area contributed by atoms with Gasteiger partial charge in [0.2, 0.25) is 0 Å². The smallest absolute Gasteiger partial charge is 0.144 e. The number of halogens is 1. The zero-order valence-electron chi connectivity index (χ0n) is 9.94. The first-order valence-corrected chi connectivity index (χ1v) is 6.43. The average Bonchev–Trinajstić information content (AvgIpc) is 2.33. The van der Waals surface area contributed by atoms with Gasteiger partial charge in [-0.3, -0.25) is 0 Å². The van der Waals surface area contributed by atoms with Crippen LogP contribution in [-0.4, -0.2) is 4.98 Å². The number of pyridine rings is 1. The van der Waals surface area contributed by atoms with Crippen LogP contribution in [-0.2, 0) is 0 Å². The number of hydrogen-bond donors (Lipinski definition) is 1. The van der Waals surface area contributed by atoms with E-state index in [0.29, 0.717) is 5.92 Å². The number of anilines is 2. The van der Waals surface area contributed by atoms with Gasteiger partial charge in [-0.15, -0.1) is 0 Å². The second-order valence-electron chi connectivity index (χ2n) is 4.24. The fourth-order valence-corrected chi connectivity index (χ4v) is 1.92. The minimum absolute atomic E-state index is 0.561. The third-order valence-corrected chi connectivity index (χ3v) is 3.24. The molecule has 0 fully saturated rings. The topological polar surface area (TPSA) is 24.9 Å². The van der Waals surface area contributed by atoms with Gasteiger partial charge in [0.25, 0.3) is 0 Å². The Hall–Kier alpha value is -1.35. The van der Waals surface area contributed by atoms with Crippen molar-refractivity contribution in [2.24, 2.45) is 0 Å². The first-order valence-electron chi connectivity index (χ1n) is 5.64. The van der Waals surface area contributed by atoms with Crippen LogP contribution in [0.15, 0.2) is 47.1 Å². The summed E-state index contributed by atoms with van der Waals surface area (Å²) in [5.41, 5.74) is 2.39. The lowest BCUT2D eigenvalue weighted by molar-refractivity contribution is 0.867. The van der Waals surface area contributed by atoms with E-state index in [1.165, 1.54) is 5.56 Å². The third-order valence-electron chi connectivity index (χ3n) is 2.60. The minimum Gasteiger partial charge on any atom is -0.339 e. The molecule has 1 aromatic carbocycles. The molecule has 0 aliphatic heterocycles. The molecule has 0 saturated heterocycles. The van der Waals surface area contributed by atoms with Gasteiger partial charge in [-0.25, -0.2) is 4.98 Å². The van der Waals surface area contributed by atoms with E-state index in [-0.39, 0.29) is 0 Å². The Morgan fingerprint density at radius 3 is 2.41 bits per heavy atom. The Balaban J connectivity index is 2.17. The Kier molecular flexibility index (Phi) is 3.79. The molecule has 0 unspecified atom stereocenters. The van der Waals surface area contributed by atoms with Crippen LogP contribution in [0.4, 0.5) is 11.5 Å². The first-order chi connectivity index (χ1) is 8.16. The first kappa shape index (κ1) is 12.1. The van der Waals surface area contributed by atoms with Crippen molar-refractivity contribution in [3.8, 4) is 0 Å². The highest BCUT2D eigenvalue weighted by Gasteiger charge is 2.02. The summed E-state index contributed by atoms with van der Waals surface area (Å²) < 4.78 is 0.966. The summed E-state index contributed by atoms with van der Waals surface area (Å²) in [5.74, 6) is 1.40. The van der Waals surface area contributed by atoms with Crippen molar-refractivity contribution in [2.45, 2.75) is 19.8 Å². The number of nitrogens with one attached hydrogen (secondary N) is 1. The molecule has 17 heavy (non-hydrogen) atoms. The molecule has 0 spiro atoms. The highest BCUT2D eigenvalue weighted by Crippen LogP contribution is 2.24. The molecule has 0 atom stereocenters. The molecular formula is C14H15BrN2. The summed E-state index contributed by atoms with van der Waals surface area (Å²) in [5, 5.41) is 3.28. The van der Waals surface area contributed by atoms with Gasteiger partial charge in [-0.1, -0.05) is 26.0 Å². The Bertz CT molecular complexity index is 492. The van der Waals surface area contributed by atoms with E-state index in [9.17, 15) is 0 Å². The van der Waals surface area contributed by atoms with E-state index in [4.69, 9.17) is 0 Å². The van der Waals surface area contributed by atoms with E-state index in [0.717, 1.165) is 16.0 Å². The molecule has 1 N–H and O–H groups in total. The lowest BCUT2D eigenvalue weighted by Crippen LogP contribution is -1.95. The van der Waals surface area contributed by atoms with Crippen molar-refractivity contribution in [3.63, 3.8) is 0 Å². The molecule has 0 amide bonds. The fourth-order valence-electron chi connectivity index (χ4n) is 1.57. The van der Waals surface area contributed by atoms with Crippen LogP contribution in [0, 0.1) is 0 Å². The van der Waals surface area contributed by atoms with Crippen LogP contribution in [0.3, 0.4) is 0 Å². The number of benzene rings is 1. The van der Waals surface area contributed by atoms with Gasteiger partial charge in [-0.05, 0) is 51.7 Å². The largest absolute Gasteiger partial charge is 0.339 e. The summed E-state index contributed by atoms with van der Waals surface area (Å²) >= 11 is 3.47. The van der Waals surface area contributed by atoms with Gasteiger partial charge in [0.05, 0.1) is 4.47 Å². The molecule has 2 rings (SSSR count). The van der Waals surface area contributed by atoms with Crippen molar-refractivity contribution in [3.05, 3.63) is 52.6 Å². The Labute approximate surface area is 110 Å². The summed E-state index contributed by atoms with van der Waals surface area (Å²) in [4.78, 5) is 4.27. The van der Waals surface area contributed by atoms with Crippen molar-refractivity contribution in [1.82, 2.24) is 4.98 Å². The predicted molar refractivity (Wildman–Crippen MR) is 75.8 cm³/mol. The van der Waals surface area contributed by atoms with E-state index in [1.54, 1.807) is 6.20 Å². The minimum atomic E-state index is 0.561. The second kappa shape index (κ2) is 5.32. The van der Waals surface area contributed by atoms with Gasteiger partial charge in [0.15, 0.2) is 0 Å². The van der Waals surface area contributed by atoms with Crippen LogP contribution in [0.2, 0.25) is 0 Å². The summed E-state index contributed by atoms with van der Waals surface area (Å²) in [6.45, 7) is 4.38. The number of rotatable bonds is 3. The zero-order valence-corrected chi connectivity index (χ0v) is 11.5. The maximum absolute atomic E-state index is 4.27. The van der Waals surface area contributed by atoms with E-state index in [1.807, 2.05) is 12.1 Å². The molecule has 0 radical (unpaired) electrons. The Morgan fingerprint density at radius 1 is 1.12 bits per heavy atom. The molecule has 1 aromatic heterocycles. The Morgan fingerprint density at radius 2 is 1.82 bits per heavy atom. The molecule has 3 heteroatoms. The molecule has 88 valence electrons. The summed E-state index contributed by atoms with van der Waals surface area (Å²) in [6.07, 6.45) is 1.77. The normalized spacial score (nSPS) is 10.6. The molecular weight excluding hydrogens is 276 g/mol. The maximum Gasteiger partial charge on any atom is 0.144 e. The number of aromatic nitrogens is 1. The van der Waals surface area contributed by atoms with Crippen LogP contribution in [0.25, 0.3) is 0 Å². The molecule has 2 nitrogen and oxygen atoms in total. The second-order valence-corrected chi connectivity index (χ2v) is 5.09. The zero-order chi connectivity index (χ0) is 12.3. The van der Waals surface area contributed by atoms with Crippen LogP contribution >= 0.6 is 15.9 Å². The molecule has 0 saturated carbocycles. The van der Waals surface area contributed by atoms with Crippen molar-refractivity contribution in [2.75, 3.05) is 5.32 Å². The van der Waals surface area contributed by atoms with E-state index >= 15 is 0 Å². The standard InChI is InChI=1S/C14H15BrN2/c1-10(2)11-5-7-12(8-6-11)17-14-13(15)4-3-9-16-14/h3-10H,1-2H3,(H,16,17). The van der Waals surface area contributed by atoms with E-state index < -0.39 is 0 Å². The van der Waals surface area contributed by atoms with Crippen molar-refractivity contribution >= 4 is 27.4 Å². The van der Waals surface area contributed by atoms with Crippen LogP contribution in [0.5, 0.6) is 0 Å². The highest BCUT2D eigenvalue weighted by molar-refractivity contribution is 9.10. The van der Waals surface area contributed by atoms with Gasteiger partial charge in [-0.2, -0.15) is 0 Å². The van der Waals surface area contributed by atoms with Gasteiger partial charge in [0, 0.05) is 11.9 Å². The predicted octanol–water partition coefficient (Wildman–Crippen LogP) is 4.71. The van der Waals surface area contributed by atoms with Crippen LogP contribution in [0.1, 0.15) is 25.3 Å². The molecule has 1 heterocycles. The molecule has 0 aliphatic carbocycles. The number of hydrogen-bond acceptors (Lipinski definition) is 2. The summed E-state index contributed by atoms with van der Waals surface area (Å²) in [6, 6.07) is 12.3. The summed E-state index contributed by atoms with van der Waals surface area (Å²) in [7, 11) is 0. The lowest BCUT2D eigenvalue weighted by atomic mass is 10.0. The average molecular weight is 291 g/mol. The highest BCUT2D eigenvalue weighted by atomic mass is 79.9. The fraction of sp³-hybridized carbons (Fsp3) is 0.214. The number of nitrogens with zero attached hydrogens (tertiary/aromatic N) is 1. The van der Waals surface area contributed by atoms with E-state index in [2.05, 4.69) is 64.3 Å². The molecule has 2 aromatic rings. The molecule has 0 bridgehead atoms. The van der Waals surface area contributed by atoms with Crippen molar-refractivity contribution in [1.29, 1.82) is 0 Å². The van der Waals surface area contributed by atoms with Gasteiger partial charge >= 0.3 is 0 Å². The quantitative estimate of drug-likeness (QED) is 0.885. The SMILES string of the molecule is CC(C)c1ccc(Nc2ncccc2Br)cc1. The van der Waals surface area contributed by atoms with Crippen molar-refractivity contribution < 1.29 is 0 Å². The van der Waals surface area contributed by atoms with Gasteiger partial charge < -0.3 is 5.32 Å². The maximum atomic E-state index is 4.27.